The van der Waals surface area contributed by atoms with Crippen LogP contribution in [0.25, 0.3) is 22.4 Å². The molecule has 1 amide bonds. The number of benzene rings is 2. The molecule has 4 rings (SSSR count). The number of rotatable bonds is 4. The number of carbonyl (C=O) groups excluding carboxylic acids is 1. The number of hydrogen-bond acceptors (Lipinski definition) is 4. The predicted octanol–water partition coefficient (Wildman–Crippen LogP) is 5.02. The predicted molar refractivity (Wildman–Crippen MR) is 109 cm³/mol. The number of fused-ring (bicyclic) bond motifs is 1. The zero-order chi connectivity index (χ0) is 18.6. The summed E-state index contributed by atoms with van der Waals surface area (Å²) in [6.07, 6.45) is 3.17. The molecule has 6 heteroatoms. The molecular weight excluding hydrogens is 406 g/mol. The third kappa shape index (κ3) is 3.80. The molecule has 0 saturated carbocycles. The van der Waals surface area contributed by atoms with Crippen LogP contribution in [0.2, 0.25) is 0 Å². The summed E-state index contributed by atoms with van der Waals surface area (Å²) in [5.74, 6) is 0.292. The van der Waals surface area contributed by atoms with Crippen molar-refractivity contribution in [1.29, 1.82) is 0 Å². The molecule has 132 valence electrons. The summed E-state index contributed by atoms with van der Waals surface area (Å²) in [6.45, 7) is 0. The normalized spacial score (nSPS) is 11.1. The van der Waals surface area contributed by atoms with Crippen LogP contribution in [-0.2, 0) is 0 Å². The SMILES string of the molecule is O=C(NN=Cc1cccc(Br)c1)c1cc(-c2ccco2)nc2ccccc12. The van der Waals surface area contributed by atoms with Crippen molar-refractivity contribution in [3.63, 3.8) is 0 Å². The van der Waals surface area contributed by atoms with E-state index >= 15 is 0 Å². The lowest BCUT2D eigenvalue weighted by molar-refractivity contribution is 0.0957. The van der Waals surface area contributed by atoms with Crippen LogP contribution >= 0.6 is 15.9 Å². The van der Waals surface area contributed by atoms with Crippen molar-refractivity contribution < 1.29 is 9.21 Å². The number of pyridine rings is 1. The molecule has 0 bridgehead atoms. The number of aromatic nitrogens is 1. The van der Waals surface area contributed by atoms with Crippen LogP contribution in [0.5, 0.6) is 0 Å². The van der Waals surface area contributed by atoms with Gasteiger partial charge in [0.1, 0.15) is 5.69 Å². The molecule has 27 heavy (non-hydrogen) atoms. The van der Waals surface area contributed by atoms with Gasteiger partial charge in [-0.3, -0.25) is 4.79 Å². The van der Waals surface area contributed by atoms with Crippen molar-refractivity contribution in [2.45, 2.75) is 0 Å². The molecule has 0 fully saturated rings. The molecule has 0 aliphatic heterocycles. The van der Waals surface area contributed by atoms with Gasteiger partial charge in [0.25, 0.3) is 5.91 Å². The van der Waals surface area contributed by atoms with Gasteiger partial charge < -0.3 is 4.42 Å². The standard InChI is InChI=1S/C21H14BrN3O2/c22-15-6-3-5-14(11-15)13-23-25-21(26)17-12-19(20-9-4-10-27-20)24-18-8-2-1-7-16(17)18/h1-13H,(H,25,26). The second-order valence-corrected chi connectivity index (χ2v) is 6.72. The molecule has 0 unspecified atom stereocenters. The monoisotopic (exact) mass is 419 g/mol. The average molecular weight is 420 g/mol. The highest BCUT2D eigenvalue weighted by molar-refractivity contribution is 9.10. The molecule has 0 saturated heterocycles. The molecule has 5 nitrogen and oxygen atoms in total. The minimum Gasteiger partial charge on any atom is -0.463 e. The highest BCUT2D eigenvalue weighted by Gasteiger charge is 2.14. The van der Waals surface area contributed by atoms with E-state index in [-0.39, 0.29) is 5.91 Å². The lowest BCUT2D eigenvalue weighted by atomic mass is 10.1. The van der Waals surface area contributed by atoms with E-state index in [4.69, 9.17) is 4.42 Å². The second-order valence-electron chi connectivity index (χ2n) is 5.80. The minimum atomic E-state index is -0.312. The van der Waals surface area contributed by atoms with Crippen molar-refractivity contribution in [3.05, 3.63) is 88.6 Å². The topological polar surface area (TPSA) is 67.5 Å². The van der Waals surface area contributed by atoms with E-state index in [0.29, 0.717) is 22.5 Å². The summed E-state index contributed by atoms with van der Waals surface area (Å²) in [4.78, 5) is 17.3. The Kier molecular flexibility index (Phi) is 4.80. The highest BCUT2D eigenvalue weighted by atomic mass is 79.9. The van der Waals surface area contributed by atoms with Crippen LogP contribution in [-0.4, -0.2) is 17.1 Å². The van der Waals surface area contributed by atoms with Crippen LogP contribution in [0.4, 0.5) is 0 Å². The molecule has 0 aliphatic carbocycles. The van der Waals surface area contributed by atoms with Crippen LogP contribution in [0.3, 0.4) is 0 Å². The van der Waals surface area contributed by atoms with Gasteiger partial charge in [0.05, 0.1) is 23.6 Å². The quantitative estimate of drug-likeness (QED) is 0.372. The van der Waals surface area contributed by atoms with Crippen LogP contribution in [0, 0.1) is 0 Å². The molecule has 4 aromatic rings. The Balaban J connectivity index is 1.66. The first-order valence-corrected chi connectivity index (χ1v) is 9.03. The number of hydrogen-bond donors (Lipinski definition) is 1. The first kappa shape index (κ1) is 17.2. The van der Waals surface area contributed by atoms with Crippen LogP contribution in [0.1, 0.15) is 15.9 Å². The van der Waals surface area contributed by atoms with Gasteiger partial charge >= 0.3 is 0 Å². The third-order valence-corrected chi connectivity index (χ3v) is 4.46. The maximum atomic E-state index is 12.7. The first-order chi connectivity index (χ1) is 13.2. The van der Waals surface area contributed by atoms with E-state index in [1.54, 1.807) is 24.6 Å². The summed E-state index contributed by atoms with van der Waals surface area (Å²) in [5.41, 5.74) is 5.26. The van der Waals surface area contributed by atoms with E-state index in [1.807, 2.05) is 54.6 Å². The fourth-order valence-corrected chi connectivity index (χ4v) is 3.14. The Morgan fingerprint density at radius 1 is 1.07 bits per heavy atom. The molecule has 2 aromatic carbocycles. The summed E-state index contributed by atoms with van der Waals surface area (Å²) >= 11 is 3.41. The number of halogens is 1. The van der Waals surface area contributed by atoms with Crippen molar-refractivity contribution in [3.8, 4) is 11.5 Å². The third-order valence-electron chi connectivity index (χ3n) is 3.96. The Hall–Kier alpha value is -3.25. The van der Waals surface area contributed by atoms with Gasteiger partial charge in [0.15, 0.2) is 5.76 Å². The molecule has 2 aromatic heterocycles. The Bertz CT molecular complexity index is 1140. The van der Waals surface area contributed by atoms with E-state index in [2.05, 4.69) is 31.4 Å². The molecule has 2 heterocycles. The molecule has 0 radical (unpaired) electrons. The number of carbonyl (C=O) groups is 1. The number of nitrogens with one attached hydrogen (secondary N) is 1. The van der Waals surface area contributed by atoms with Gasteiger partial charge in [-0.2, -0.15) is 5.10 Å². The van der Waals surface area contributed by atoms with Crippen LogP contribution in [0.15, 0.2) is 87.0 Å². The first-order valence-electron chi connectivity index (χ1n) is 8.23. The van der Waals surface area contributed by atoms with Crippen LogP contribution < -0.4 is 5.43 Å². The van der Waals surface area contributed by atoms with Gasteiger partial charge in [-0.1, -0.05) is 46.3 Å². The van der Waals surface area contributed by atoms with Gasteiger partial charge in [-0.15, -0.1) is 0 Å². The zero-order valence-corrected chi connectivity index (χ0v) is 15.7. The zero-order valence-electron chi connectivity index (χ0n) is 14.1. The van der Waals surface area contributed by atoms with Gasteiger partial charge in [0, 0.05) is 9.86 Å². The van der Waals surface area contributed by atoms with Crippen molar-refractivity contribution in [1.82, 2.24) is 10.4 Å². The summed E-state index contributed by atoms with van der Waals surface area (Å²) in [7, 11) is 0. The lowest BCUT2D eigenvalue weighted by Gasteiger charge is -2.07. The largest absolute Gasteiger partial charge is 0.463 e. The van der Waals surface area contributed by atoms with E-state index in [9.17, 15) is 4.79 Å². The maximum Gasteiger partial charge on any atom is 0.272 e. The van der Waals surface area contributed by atoms with Crippen molar-refractivity contribution >= 4 is 39.0 Å². The maximum absolute atomic E-state index is 12.7. The number of furan rings is 1. The summed E-state index contributed by atoms with van der Waals surface area (Å²) in [6, 6.07) is 20.4. The molecular formula is C21H14BrN3O2. The number of hydrazone groups is 1. The Morgan fingerprint density at radius 3 is 2.78 bits per heavy atom. The Labute approximate surface area is 163 Å². The highest BCUT2D eigenvalue weighted by Crippen LogP contribution is 2.25. The van der Waals surface area contributed by atoms with E-state index < -0.39 is 0 Å². The van der Waals surface area contributed by atoms with Gasteiger partial charge in [-0.05, 0) is 42.0 Å². The Morgan fingerprint density at radius 2 is 1.96 bits per heavy atom. The number of amides is 1. The lowest BCUT2D eigenvalue weighted by Crippen LogP contribution is -2.18. The fourth-order valence-electron chi connectivity index (χ4n) is 2.73. The smallest absolute Gasteiger partial charge is 0.272 e. The summed E-state index contributed by atoms with van der Waals surface area (Å²) in [5, 5.41) is 4.82. The van der Waals surface area contributed by atoms with E-state index in [1.165, 1.54) is 0 Å². The van der Waals surface area contributed by atoms with Gasteiger partial charge in [-0.25, -0.2) is 10.4 Å². The number of para-hydroxylation sites is 1. The van der Waals surface area contributed by atoms with E-state index in [0.717, 1.165) is 15.4 Å². The minimum absolute atomic E-state index is 0.312. The van der Waals surface area contributed by atoms with Crippen molar-refractivity contribution in [2.75, 3.05) is 0 Å². The second kappa shape index (κ2) is 7.55. The molecule has 1 N–H and O–H groups in total. The number of nitrogens with zero attached hydrogens (tertiary/aromatic N) is 2. The fraction of sp³-hybridized carbons (Fsp3) is 0. The average Bonchev–Trinajstić information content (AvgIpc) is 3.22. The molecule has 0 atom stereocenters. The molecule has 0 aliphatic rings. The van der Waals surface area contributed by atoms with Crippen molar-refractivity contribution in [2.24, 2.45) is 5.10 Å². The van der Waals surface area contributed by atoms with Gasteiger partial charge in [0.2, 0.25) is 0 Å². The molecule has 0 spiro atoms. The summed E-state index contributed by atoms with van der Waals surface area (Å²) < 4.78 is 6.37.